The average Bonchev–Trinajstić information content (AvgIpc) is 2.85. The van der Waals surface area contributed by atoms with E-state index in [1.807, 2.05) is 0 Å². The Labute approximate surface area is 134 Å². The molecule has 23 heavy (non-hydrogen) atoms. The molecule has 1 atom stereocenters. The molecule has 120 valence electrons. The Balaban J connectivity index is 1.73. The van der Waals surface area contributed by atoms with E-state index >= 15 is 0 Å². The number of nitrogens with zero attached hydrogens (tertiary/aromatic N) is 2. The molecule has 0 aliphatic carbocycles. The number of benzene rings is 1. The maximum absolute atomic E-state index is 13.1. The van der Waals surface area contributed by atoms with Gasteiger partial charge in [0.25, 0.3) is 5.56 Å². The lowest BCUT2D eigenvalue weighted by atomic mass is 10.2. The number of hydrogen-bond donors (Lipinski definition) is 1. The zero-order valence-corrected chi connectivity index (χ0v) is 13.0. The van der Waals surface area contributed by atoms with Crippen LogP contribution in [0.3, 0.4) is 0 Å². The maximum Gasteiger partial charge on any atom is 0.254 e. The van der Waals surface area contributed by atoms with Gasteiger partial charge in [-0.05, 0) is 19.1 Å². The van der Waals surface area contributed by atoms with E-state index in [1.54, 1.807) is 6.92 Å². The van der Waals surface area contributed by atoms with E-state index in [1.165, 1.54) is 28.5 Å². The third kappa shape index (κ3) is 3.26. The van der Waals surface area contributed by atoms with Crippen LogP contribution in [0.15, 0.2) is 34.2 Å². The fraction of sp³-hybridized carbons (Fsp3) is 0.267. The summed E-state index contributed by atoms with van der Waals surface area (Å²) in [4.78, 5) is 28.4. The molecule has 8 heteroatoms. The number of thioether (sulfide) groups is 1. The van der Waals surface area contributed by atoms with Crippen molar-refractivity contribution >= 4 is 23.4 Å². The molecule has 0 bridgehead atoms. The first kappa shape index (κ1) is 15.7. The topological polar surface area (TPSA) is 64.0 Å². The average molecular weight is 337 g/mol. The Hall–Kier alpha value is -2.22. The third-order valence-corrected chi connectivity index (χ3v) is 4.54. The van der Waals surface area contributed by atoms with E-state index < -0.39 is 11.6 Å². The van der Waals surface area contributed by atoms with Gasteiger partial charge in [-0.1, -0.05) is 11.8 Å². The van der Waals surface area contributed by atoms with Crippen LogP contribution in [0.25, 0.3) is 0 Å². The highest BCUT2D eigenvalue weighted by Gasteiger charge is 2.27. The third-order valence-electron chi connectivity index (χ3n) is 3.44. The predicted octanol–water partition coefficient (Wildman–Crippen LogP) is 2.51. The second-order valence-corrected chi connectivity index (χ2v) is 6.22. The molecule has 5 nitrogen and oxygen atoms in total. The lowest BCUT2D eigenvalue weighted by Crippen LogP contribution is -2.27. The van der Waals surface area contributed by atoms with E-state index in [9.17, 15) is 18.4 Å². The summed E-state index contributed by atoms with van der Waals surface area (Å²) in [5.41, 5.74) is 0.623. The van der Waals surface area contributed by atoms with Crippen molar-refractivity contribution in [2.24, 2.45) is 0 Å². The molecule has 0 saturated carbocycles. The molecule has 0 saturated heterocycles. The Morgan fingerprint density at radius 3 is 2.91 bits per heavy atom. The zero-order chi connectivity index (χ0) is 16.6. The highest BCUT2D eigenvalue weighted by molar-refractivity contribution is 7.99. The number of carbonyl (C=O) groups excluding carboxylic acids is 1. The van der Waals surface area contributed by atoms with Gasteiger partial charge in [0.2, 0.25) is 5.91 Å². The molecule has 1 aromatic heterocycles. The quantitative estimate of drug-likeness (QED) is 0.874. The van der Waals surface area contributed by atoms with Gasteiger partial charge in [0.15, 0.2) is 16.8 Å². The number of halogens is 2. The normalized spacial score (nSPS) is 16.2. The van der Waals surface area contributed by atoms with Crippen molar-refractivity contribution in [3.05, 3.63) is 51.9 Å². The van der Waals surface area contributed by atoms with Crippen LogP contribution in [0.1, 0.15) is 18.2 Å². The molecule has 1 N–H and O–H groups in total. The number of rotatable bonds is 3. The molecule has 0 fully saturated rings. The number of aryl methyl sites for hydroxylation is 1. The van der Waals surface area contributed by atoms with Crippen molar-refractivity contribution in [2.45, 2.75) is 24.5 Å². The summed E-state index contributed by atoms with van der Waals surface area (Å²) >= 11 is 1.42. The number of aromatic nitrogens is 2. The fourth-order valence-corrected chi connectivity index (χ4v) is 3.61. The van der Waals surface area contributed by atoms with E-state index in [4.69, 9.17) is 0 Å². The van der Waals surface area contributed by atoms with Gasteiger partial charge in [-0.2, -0.15) is 0 Å². The molecule has 1 aromatic carbocycles. The molecule has 0 radical (unpaired) electrons. The van der Waals surface area contributed by atoms with Crippen LogP contribution in [0.5, 0.6) is 0 Å². The van der Waals surface area contributed by atoms with Gasteiger partial charge in [-0.3, -0.25) is 14.2 Å². The van der Waals surface area contributed by atoms with Crippen LogP contribution in [0.4, 0.5) is 14.5 Å². The number of carbonyl (C=O) groups is 1. The van der Waals surface area contributed by atoms with Gasteiger partial charge in [0.1, 0.15) is 0 Å². The summed E-state index contributed by atoms with van der Waals surface area (Å²) < 4.78 is 27.5. The maximum atomic E-state index is 13.1. The van der Waals surface area contributed by atoms with E-state index in [0.717, 1.165) is 12.1 Å². The minimum absolute atomic E-state index is 0.0592. The van der Waals surface area contributed by atoms with Crippen LogP contribution < -0.4 is 10.9 Å². The standard InChI is InChI=1S/C15H13F2N3O2S/c1-8-4-14(22)20-10(7-23-15(20)18-8)6-13(21)19-9-2-3-11(16)12(17)5-9/h2-5,10H,6-7H2,1H3,(H,19,21)/t10-/m0/s1. The van der Waals surface area contributed by atoms with Gasteiger partial charge in [-0.15, -0.1) is 0 Å². The Kier molecular flexibility index (Phi) is 4.16. The lowest BCUT2D eigenvalue weighted by Gasteiger charge is -2.13. The first-order valence-electron chi connectivity index (χ1n) is 6.92. The SMILES string of the molecule is Cc1cc(=O)n2c(n1)SC[C@@H]2CC(=O)Nc1ccc(F)c(F)c1. The van der Waals surface area contributed by atoms with Gasteiger partial charge in [0.05, 0.1) is 6.04 Å². The monoisotopic (exact) mass is 337 g/mol. The first-order chi connectivity index (χ1) is 10.9. The largest absolute Gasteiger partial charge is 0.326 e. The van der Waals surface area contributed by atoms with E-state index in [2.05, 4.69) is 10.3 Å². The number of hydrogen-bond acceptors (Lipinski definition) is 4. The molecule has 0 unspecified atom stereocenters. The summed E-state index contributed by atoms with van der Waals surface area (Å²) in [5, 5.41) is 3.11. The highest BCUT2D eigenvalue weighted by atomic mass is 32.2. The predicted molar refractivity (Wildman–Crippen MR) is 82.6 cm³/mol. The number of amides is 1. The summed E-state index contributed by atoms with van der Waals surface area (Å²) in [7, 11) is 0. The molecule has 1 amide bonds. The molecule has 1 aliphatic rings. The summed E-state index contributed by atoms with van der Waals surface area (Å²) in [6.07, 6.45) is 0.0592. The molecule has 1 aliphatic heterocycles. The van der Waals surface area contributed by atoms with Crippen LogP contribution >= 0.6 is 11.8 Å². The van der Waals surface area contributed by atoms with Gasteiger partial charge >= 0.3 is 0 Å². The van der Waals surface area contributed by atoms with Crippen LogP contribution in [0.2, 0.25) is 0 Å². The van der Waals surface area contributed by atoms with Gasteiger partial charge < -0.3 is 5.32 Å². The Morgan fingerprint density at radius 2 is 2.17 bits per heavy atom. The molecular weight excluding hydrogens is 324 g/mol. The van der Waals surface area contributed by atoms with Crippen molar-refractivity contribution in [1.82, 2.24) is 9.55 Å². The smallest absolute Gasteiger partial charge is 0.254 e. The van der Waals surface area contributed by atoms with E-state index in [0.29, 0.717) is 16.6 Å². The number of nitrogens with one attached hydrogen (secondary N) is 1. The molecule has 2 aromatic rings. The molecule has 2 heterocycles. The van der Waals surface area contributed by atoms with Crippen molar-refractivity contribution in [3.63, 3.8) is 0 Å². The van der Waals surface area contributed by atoms with Crippen LogP contribution in [0, 0.1) is 18.6 Å². The number of fused-ring (bicyclic) bond motifs is 1. The molecule has 3 rings (SSSR count). The minimum Gasteiger partial charge on any atom is -0.326 e. The van der Waals surface area contributed by atoms with Crippen molar-refractivity contribution in [2.75, 3.05) is 11.1 Å². The summed E-state index contributed by atoms with van der Waals surface area (Å²) in [5.74, 6) is -1.81. The Bertz CT molecular complexity index is 838. The van der Waals surface area contributed by atoms with Gasteiger partial charge in [0, 0.05) is 35.7 Å². The second kappa shape index (κ2) is 6.11. The van der Waals surface area contributed by atoms with Crippen LogP contribution in [-0.2, 0) is 4.79 Å². The molecule has 0 spiro atoms. The van der Waals surface area contributed by atoms with Crippen molar-refractivity contribution < 1.29 is 13.6 Å². The lowest BCUT2D eigenvalue weighted by molar-refractivity contribution is -0.116. The van der Waals surface area contributed by atoms with Crippen molar-refractivity contribution in [1.29, 1.82) is 0 Å². The van der Waals surface area contributed by atoms with Gasteiger partial charge in [-0.25, -0.2) is 13.8 Å². The van der Waals surface area contributed by atoms with Crippen LogP contribution in [-0.4, -0.2) is 21.2 Å². The van der Waals surface area contributed by atoms with Crippen molar-refractivity contribution in [3.8, 4) is 0 Å². The second-order valence-electron chi connectivity index (χ2n) is 5.23. The molecular formula is C15H13F2N3O2S. The minimum atomic E-state index is -1.03. The zero-order valence-electron chi connectivity index (χ0n) is 12.2. The number of anilines is 1. The highest BCUT2D eigenvalue weighted by Crippen LogP contribution is 2.32. The summed E-state index contributed by atoms with van der Waals surface area (Å²) in [6, 6.07) is 4.27. The fourth-order valence-electron chi connectivity index (χ4n) is 2.41. The van der Waals surface area contributed by atoms with E-state index in [-0.39, 0.29) is 29.6 Å². The summed E-state index contributed by atoms with van der Waals surface area (Å²) in [6.45, 7) is 1.74. The Morgan fingerprint density at radius 1 is 1.39 bits per heavy atom. The first-order valence-corrected chi connectivity index (χ1v) is 7.90.